The Morgan fingerprint density at radius 3 is 3.23 bits per heavy atom. The van der Waals surface area contributed by atoms with Gasteiger partial charge in [0, 0.05) is 23.4 Å². The molecule has 1 rings (SSSR count). The van der Waals surface area contributed by atoms with E-state index in [1.165, 1.54) is 11.5 Å². The second kappa shape index (κ2) is 6.17. The van der Waals surface area contributed by atoms with Gasteiger partial charge in [-0.1, -0.05) is 0 Å². The number of hydrogen-bond acceptors (Lipinski definition) is 4. The fourth-order valence-corrected chi connectivity index (χ4v) is 2.22. The topological polar surface area (TPSA) is 50.9 Å². The molecule has 3 nitrogen and oxygen atoms in total. The maximum Gasteiger partial charge on any atom is 0.163 e. The van der Waals surface area contributed by atoms with Crippen molar-refractivity contribution in [3.8, 4) is 0 Å². The third-order valence-electron chi connectivity index (χ3n) is 1.29. The van der Waals surface area contributed by atoms with Crippen molar-refractivity contribution in [2.75, 3.05) is 12.3 Å². The summed E-state index contributed by atoms with van der Waals surface area (Å²) in [7, 11) is 0. The van der Waals surface area contributed by atoms with Gasteiger partial charge in [0.05, 0.1) is 5.69 Å². The van der Waals surface area contributed by atoms with Crippen LogP contribution in [0.3, 0.4) is 0 Å². The van der Waals surface area contributed by atoms with Crippen LogP contribution >= 0.6 is 35.5 Å². The van der Waals surface area contributed by atoms with Crippen molar-refractivity contribution < 1.29 is 0 Å². The van der Waals surface area contributed by atoms with Gasteiger partial charge in [-0.3, -0.25) is 0 Å². The first-order valence-corrected chi connectivity index (χ1v) is 6.19. The maximum absolute atomic E-state index is 5.27. The fraction of sp³-hybridized carbons (Fsp3) is 0.429. The monoisotopic (exact) mass is 233 g/mol. The Kier molecular flexibility index (Phi) is 5.10. The molecule has 0 aliphatic carbocycles. The summed E-state index contributed by atoms with van der Waals surface area (Å²) >= 11 is 7.98. The third-order valence-corrected chi connectivity index (χ3v) is 3.02. The summed E-state index contributed by atoms with van der Waals surface area (Å²) in [4.78, 5) is 0. The minimum absolute atomic E-state index is 0.370. The van der Waals surface area contributed by atoms with Gasteiger partial charge < -0.3 is 11.1 Å². The van der Waals surface area contributed by atoms with Gasteiger partial charge in [0.25, 0.3) is 0 Å². The highest BCUT2D eigenvalue weighted by atomic mass is 32.2. The summed E-state index contributed by atoms with van der Waals surface area (Å²) in [5.41, 5.74) is 6.41. The fourth-order valence-electron chi connectivity index (χ4n) is 0.735. The lowest BCUT2D eigenvalue weighted by atomic mass is 10.5. The quantitative estimate of drug-likeness (QED) is 0.591. The van der Waals surface area contributed by atoms with Crippen LogP contribution in [0.5, 0.6) is 0 Å². The molecule has 0 spiro atoms. The van der Waals surface area contributed by atoms with E-state index in [1.54, 1.807) is 0 Å². The standard InChI is InChI=1S/C7H11N3S3/c8-7(11)9-2-4-12-5-6-1-3-13-10-6/h1,3H,2,4-5H2,(H3,8,9,11). The molecule has 0 amide bonds. The molecule has 13 heavy (non-hydrogen) atoms. The van der Waals surface area contributed by atoms with E-state index in [2.05, 4.69) is 21.9 Å². The van der Waals surface area contributed by atoms with E-state index in [4.69, 9.17) is 5.73 Å². The molecule has 0 saturated carbocycles. The molecule has 0 radical (unpaired) electrons. The lowest BCUT2D eigenvalue weighted by molar-refractivity contribution is 0.983. The van der Waals surface area contributed by atoms with Crippen molar-refractivity contribution in [2.24, 2.45) is 5.73 Å². The summed E-state index contributed by atoms with van der Waals surface area (Å²) in [5.74, 6) is 1.96. The minimum Gasteiger partial charge on any atom is -0.376 e. The van der Waals surface area contributed by atoms with E-state index in [0.717, 1.165) is 23.7 Å². The molecule has 1 aromatic heterocycles. The van der Waals surface area contributed by atoms with Gasteiger partial charge in [-0.25, -0.2) is 0 Å². The smallest absolute Gasteiger partial charge is 0.163 e. The Labute approximate surface area is 91.3 Å². The van der Waals surface area contributed by atoms with E-state index < -0.39 is 0 Å². The summed E-state index contributed by atoms with van der Waals surface area (Å²) in [6, 6.07) is 2.04. The van der Waals surface area contributed by atoms with Crippen LogP contribution in [-0.4, -0.2) is 21.8 Å². The van der Waals surface area contributed by atoms with Gasteiger partial charge in [-0.15, -0.1) is 0 Å². The summed E-state index contributed by atoms with van der Waals surface area (Å²) < 4.78 is 4.20. The molecule has 0 aromatic carbocycles. The lowest BCUT2D eigenvalue weighted by Crippen LogP contribution is -2.30. The molecule has 1 aromatic rings. The zero-order valence-corrected chi connectivity index (χ0v) is 9.47. The maximum atomic E-state index is 5.27. The second-order valence-electron chi connectivity index (χ2n) is 2.33. The van der Waals surface area contributed by atoms with Crippen molar-refractivity contribution >= 4 is 40.6 Å². The largest absolute Gasteiger partial charge is 0.376 e. The van der Waals surface area contributed by atoms with Crippen LogP contribution < -0.4 is 11.1 Å². The van der Waals surface area contributed by atoms with Gasteiger partial charge in [-0.05, 0) is 29.8 Å². The second-order valence-corrected chi connectivity index (χ2v) is 4.54. The number of thioether (sulfide) groups is 1. The van der Waals surface area contributed by atoms with Crippen LogP contribution in [0, 0.1) is 0 Å². The Morgan fingerprint density at radius 1 is 1.77 bits per heavy atom. The van der Waals surface area contributed by atoms with Gasteiger partial charge in [-0.2, -0.15) is 16.1 Å². The SMILES string of the molecule is NC(=S)NCCSCc1ccsn1. The van der Waals surface area contributed by atoms with Crippen molar-refractivity contribution in [2.45, 2.75) is 5.75 Å². The highest BCUT2D eigenvalue weighted by molar-refractivity contribution is 7.98. The zero-order valence-electron chi connectivity index (χ0n) is 7.03. The van der Waals surface area contributed by atoms with Crippen molar-refractivity contribution in [1.82, 2.24) is 9.69 Å². The minimum atomic E-state index is 0.370. The number of rotatable bonds is 5. The van der Waals surface area contributed by atoms with E-state index in [1.807, 2.05) is 23.2 Å². The molecule has 0 saturated heterocycles. The Morgan fingerprint density at radius 2 is 2.62 bits per heavy atom. The Bertz CT molecular complexity index is 247. The van der Waals surface area contributed by atoms with Crippen LogP contribution in [0.4, 0.5) is 0 Å². The summed E-state index contributed by atoms with van der Waals surface area (Å²) in [6.07, 6.45) is 0. The first-order valence-electron chi connectivity index (χ1n) is 3.79. The highest BCUT2D eigenvalue weighted by Crippen LogP contribution is 2.10. The van der Waals surface area contributed by atoms with Gasteiger partial charge in [0.15, 0.2) is 5.11 Å². The molecule has 0 bridgehead atoms. The Balaban J connectivity index is 1.99. The highest BCUT2D eigenvalue weighted by Gasteiger charge is 1.94. The number of aromatic nitrogens is 1. The molecule has 6 heteroatoms. The number of nitrogens with two attached hydrogens (primary N) is 1. The first kappa shape index (κ1) is 10.7. The molecule has 0 fully saturated rings. The predicted octanol–water partition coefficient (Wildman–Crippen LogP) is 1.21. The summed E-state index contributed by atoms with van der Waals surface area (Å²) in [6.45, 7) is 0.824. The van der Waals surface area contributed by atoms with Crippen LogP contribution in [-0.2, 0) is 5.75 Å². The molecule has 0 aliphatic rings. The Hall–Kier alpha value is -0.330. The first-order chi connectivity index (χ1) is 6.29. The van der Waals surface area contributed by atoms with Crippen molar-refractivity contribution in [3.05, 3.63) is 17.1 Å². The number of nitrogens with one attached hydrogen (secondary N) is 1. The molecular weight excluding hydrogens is 222 g/mol. The van der Waals surface area contributed by atoms with Crippen LogP contribution in [0.1, 0.15) is 5.69 Å². The van der Waals surface area contributed by atoms with Gasteiger partial charge in [0.1, 0.15) is 0 Å². The molecular formula is C7H11N3S3. The number of nitrogens with zero attached hydrogens (tertiary/aromatic N) is 1. The van der Waals surface area contributed by atoms with Gasteiger partial charge in [0.2, 0.25) is 0 Å². The number of hydrogen-bond donors (Lipinski definition) is 2. The van der Waals surface area contributed by atoms with Gasteiger partial charge >= 0.3 is 0 Å². The summed E-state index contributed by atoms with van der Waals surface area (Å²) in [5, 5.41) is 5.26. The molecule has 1 heterocycles. The molecule has 0 unspecified atom stereocenters. The van der Waals surface area contributed by atoms with Crippen LogP contribution in [0.25, 0.3) is 0 Å². The van der Waals surface area contributed by atoms with E-state index in [0.29, 0.717) is 5.11 Å². The lowest BCUT2D eigenvalue weighted by Gasteiger charge is -2.01. The van der Waals surface area contributed by atoms with Crippen molar-refractivity contribution in [3.63, 3.8) is 0 Å². The van der Waals surface area contributed by atoms with E-state index in [9.17, 15) is 0 Å². The average molecular weight is 233 g/mol. The molecule has 0 atom stereocenters. The normalized spacial score (nSPS) is 9.85. The van der Waals surface area contributed by atoms with Crippen molar-refractivity contribution in [1.29, 1.82) is 0 Å². The number of thiocarbonyl (C=S) groups is 1. The van der Waals surface area contributed by atoms with E-state index in [-0.39, 0.29) is 0 Å². The molecule has 0 aliphatic heterocycles. The average Bonchev–Trinajstić information content (AvgIpc) is 2.55. The van der Waals surface area contributed by atoms with E-state index >= 15 is 0 Å². The van der Waals surface area contributed by atoms with Crippen LogP contribution in [0.2, 0.25) is 0 Å². The third kappa shape index (κ3) is 5.07. The zero-order chi connectivity index (χ0) is 9.52. The molecule has 72 valence electrons. The van der Waals surface area contributed by atoms with Crippen LogP contribution in [0.15, 0.2) is 11.4 Å². The predicted molar refractivity (Wildman–Crippen MR) is 63.1 cm³/mol. The molecule has 3 N–H and O–H groups in total.